The topological polar surface area (TPSA) is 32.3 Å². The molecule has 1 aromatic carbocycles. The molecule has 3 nitrogen and oxygen atoms in total. The van der Waals surface area contributed by atoms with Crippen LogP contribution in [0.3, 0.4) is 0 Å². The SMILES string of the molecule is Cc1ccc(C)c(C2NC(C)C(=O)N2C2CCSCC2)c1. The molecule has 0 spiro atoms. The third kappa shape index (κ3) is 2.84. The van der Waals surface area contributed by atoms with E-state index in [1.165, 1.54) is 28.2 Å². The number of aryl methyl sites for hydroxylation is 2. The Kier molecular flexibility index (Phi) is 4.27. The van der Waals surface area contributed by atoms with E-state index < -0.39 is 0 Å². The molecule has 2 atom stereocenters. The third-order valence-corrected chi connectivity index (χ3v) is 5.67. The monoisotopic (exact) mass is 304 g/mol. The molecule has 3 rings (SSSR count). The number of hydrogen-bond donors (Lipinski definition) is 1. The molecule has 0 aromatic heterocycles. The minimum Gasteiger partial charge on any atom is -0.319 e. The van der Waals surface area contributed by atoms with Gasteiger partial charge in [-0.3, -0.25) is 10.1 Å². The van der Waals surface area contributed by atoms with Crippen molar-refractivity contribution in [3.8, 4) is 0 Å². The van der Waals surface area contributed by atoms with Gasteiger partial charge in [0.05, 0.1) is 6.04 Å². The fourth-order valence-corrected chi connectivity index (χ4v) is 4.47. The van der Waals surface area contributed by atoms with Gasteiger partial charge in [-0.1, -0.05) is 23.8 Å². The summed E-state index contributed by atoms with van der Waals surface area (Å²) in [5.41, 5.74) is 3.77. The molecular weight excluding hydrogens is 280 g/mol. The van der Waals surface area contributed by atoms with Crippen LogP contribution < -0.4 is 5.32 Å². The predicted octanol–water partition coefficient (Wildman–Crippen LogP) is 3.02. The summed E-state index contributed by atoms with van der Waals surface area (Å²) < 4.78 is 0. The van der Waals surface area contributed by atoms with Crippen LogP contribution in [0.5, 0.6) is 0 Å². The largest absolute Gasteiger partial charge is 0.319 e. The first kappa shape index (κ1) is 14.9. The number of carbonyl (C=O) groups is 1. The van der Waals surface area contributed by atoms with Gasteiger partial charge in [0.25, 0.3) is 0 Å². The maximum Gasteiger partial charge on any atom is 0.241 e. The average molecular weight is 304 g/mol. The standard InChI is InChI=1S/C17H24N2OS/c1-11-4-5-12(2)15(10-11)16-18-13(3)17(20)19(16)14-6-8-21-9-7-14/h4-5,10,13-14,16,18H,6-9H2,1-3H3. The van der Waals surface area contributed by atoms with Gasteiger partial charge in [0.1, 0.15) is 6.17 Å². The van der Waals surface area contributed by atoms with E-state index >= 15 is 0 Å². The zero-order chi connectivity index (χ0) is 15.0. The van der Waals surface area contributed by atoms with Crippen molar-refractivity contribution in [3.63, 3.8) is 0 Å². The molecular formula is C17H24N2OS. The van der Waals surface area contributed by atoms with E-state index in [4.69, 9.17) is 0 Å². The Hall–Kier alpha value is -1.00. The summed E-state index contributed by atoms with van der Waals surface area (Å²) in [6, 6.07) is 6.84. The number of carbonyl (C=O) groups excluding carboxylic acids is 1. The second-order valence-electron chi connectivity index (χ2n) is 6.24. The maximum absolute atomic E-state index is 12.6. The Bertz CT molecular complexity index is 540. The summed E-state index contributed by atoms with van der Waals surface area (Å²) >= 11 is 2.00. The molecule has 114 valence electrons. The lowest BCUT2D eigenvalue weighted by atomic mass is 10.0. The molecule has 0 radical (unpaired) electrons. The van der Waals surface area contributed by atoms with Crippen LogP contribution in [-0.4, -0.2) is 34.4 Å². The van der Waals surface area contributed by atoms with Crippen molar-refractivity contribution in [2.75, 3.05) is 11.5 Å². The van der Waals surface area contributed by atoms with Crippen molar-refractivity contribution in [1.29, 1.82) is 0 Å². The summed E-state index contributed by atoms with van der Waals surface area (Å²) in [5, 5.41) is 3.50. The summed E-state index contributed by atoms with van der Waals surface area (Å²) in [4.78, 5) is 14.8. The Balaban J connectivity index is 1.94. The summed E-state index contributed by atoms with van der Waals surface area (Å²) in [6.45, 7) is 6.24. The van der Waals surface area contributed by atoms with Gasteiger partial charge in [0, 0.05) is 6.04 Å². The number of benzene rings is 1. The first-order valence-corrected chi connectivity index (χ1v) is 8.96. The van der Waals surface area contributed by atoms with Gasteiger partial charge in [-0.05, 0) is 56.2 Å². The zero-order valence-corrected chi connectivity index (χ0v) is 13.9. The number of amides is 1. The smallest absolute Gasteiger partial charge is 0.241 e. The van der Waals surface area contributed by atoms with Crippen LogP contribution in [0, 0.1) is 13.8 Å². The van der Waals surface area contributed by atoms with Gasteiger partial charge >= 0.3 is 0 Å². The second-order valence-corrected chi connectivity index (χ2v) is 7.46. The van der Waals surface area contributed by atoms with Gasteiger partial charge in [-0.15, -0.1) is 0 Å². The van der Waals surface area contributed by atoms with Crippen molar-refractivity contribution in [1.82, 2.24) is 10.2 Å². The second kappa shape index (κ2) is 6.01. The highest BCUT2D eigenvalue weighted by Crippen LogP contribution is 2.34. The number of hydrogen-bond acceptors (Lipinski definition) is 3. The average Bonchev–Trinajstić information content (AvgIpc) is 2.78. The molecule has 4 heteroatoms. The Morgan fingerprint density at radius 1 is 1.24 bits per heavy atom. The molecule has 0 aliphatic carbocycles. The summed E-state index contributed by atoms with van der Waals surface area (Å²) in [5.74, 6) is 2.60. The normalized spacial score (nSPS) is 27.4. The van der Waals surface area contributed by atoms with E-state index in [0.29, 0.717) is 6.04 Å². The number of rotatable bonds is 2. The zero-order valence-electron chi connectivity index (χ0n) is 13.1. The fraction of sp³-hybridized carbons (Fsp3) is 0.588. The highest BCUT2D eigenvalue weighted by Gasteiger charge is 2.41. The van der Waals surface area contributed by atoms with Crippen LogP contribution in [0.4, 0.5) is 0 Å². The van der Waals surface area contributed by atoms with E-state index in [-0.39, 0.29) is 18.1 Å². The van der Waals surface area contributed by atoms with Crippen LogP contribution in [0.15, 0.2) is 18.2 Å². The van der Waals surface area contributed by atoms with Crippen LogP contribution in [0.1, 0.15) is 42.6 Å². The molecule has 0 bridgehead atoms. The predicted molar refractivity (Wildman–Crippen MR) is 88.4 cm³/mol. The van der Waals surface area contributed by atoms with E-state index in [2.05, 4.69) is 42.3 Å². The molecule has 2 fully saturated rings. The minimum absolute atomic E-state index is 0.0421. The molecule has 2 aliphatic heterocycles. The molecule has 2 unspecified atom stereocenters. The van der Waals surface area contributed by atoms with Crippen LogP contribution in [0.2, 0.25) is 0 Å². The maximum atomic E-state index is 12.6. The van der Waals surface area contributed by atoms with Gasteiger partial charge < -0.3 is 4.90 Å². The first-order chi connectivity index (χ1) is 10.1. The summed E-state index contributed by atoms with van der Waals surface area (Å²) in [6.07, 6.45) is 2.28. The lowest BCUT2D eigenvalue weighted by molar-refractivity contribution is -0.132. The highest BCUT2D eigenvalue weighted by atomic mass is 32.2. The molecule has 2 saturated heterocycles. The lowest BCUT2D eigenvalue weighted by Crippen LogP contribution is -2.42. The Labute approximate surface area is 131 Å². The van der Waals surface area contributed by atoms with E-state index in [9.17, 15) is 4.79 Å². The van der Waals surface area contributed by atoms with Gasteiger partial charge in [0.2, 0.25) is 5.91 Å². The Morgan fingerprint density at radius 3 is 2.67 bits per heavy atom. The van der Waals surface area contributed by atoms with Crippen molar-refractivity contribution in [2.45, 2.75) is 51.9 Å². The van der Waals surface area contributed by atoms with E-state index in [0.717, 1.165) is 12.8 Å². The number of nitrogens with zero attached hydrogens (tertiary/aromatic N) is 1. The van der Waals surface area contributed by atoms with Crippen molar-refractivity contribution in [3.05, 3.63) is 34.9 Å². The summed E-state index contributed by atoms with van der Waals surface area (Å²) in [7, 11) is 0. The van der Waals surface area contributed by atoms with Gasteiger partial charge in [-0.2, -0.15) is 11.8 Å². The van der Waals surface area contributed by atoms with Gasteiger partial charge in [0.15, 0.2) is 0 Å². The van der Waals surface area contributed by atoms with Gasteiger partial charge in [-0.25, -0.2) is 0 Å². The number of thioether (sulfide) groups is 1. The lowest BCUT2D eigenvalue weighted by Gasteiger charge is -2.35. The molecule has 2 heterocycles. The molecule has 0 saturated carbocycles. The van der Waals surface area contributed by atoms with Crippen molar-refractivity contribution < 1.29 is 4.79 Å². The molecule has 1 N–H and O–H groups in total. The Morgan fingerprint density at radius 2 is 1.95 bits per heavy atom. The van der Waals surface area contributed by atoms with Crippen LogP contribution in [-0.2, 0) is 4.79 Å². The molecule has 2 aliphatic rings. The van der Waals surface area contributed by atoms with E-state index in [1.54, 1.807) is 0 Å². The molecule has 21 heavy (non-hydrogen) atoms. The minimum atomic E-state index is -0.0792. The van der Waals surface area contributed by atoms with Crippen LogP contribution in [0.25, 0.3) is 0 Å². The van der Waals surface area contributed by atoms with Crippen LogP contribution >= 0.6 is 11.8 Å². The molecule has 1 aromatic rings. The van der Waals surface area contributed by atoms with E-state index in [1.807, 2.05) is 18.7 Å². The first-order valence-electron chi connectivity index (χ1n) is 7.81. The number of nitrogens with one attached hydrogen (secondary N) is 1. The van der Waals surface area contributed by atoms with Crippen molar-refractivity contribution in [2.24, 2.45) is 0 Å². The fourth-order valence-electron chi connectivity index (χ4n) is 3.39. The third-order valence-electron chi connectivity index (χ3n) is 4.62. The molecule has 1 amide bonds. The van der Waals surface area contributed by atoms with Crippen molar-refractivity contribution >= 4 is 17.7 Å². The quantitative estimate of drug-likeness (QED) is 0.911. The highest BCUT2D eigenvalue weighted by molar-refractivity contribution is 7.99.